The maximum absolute atomic E-state index is 11.9. The van der Waals surface area contributed by atoms with Gasteiger partial charge in [0, 0.05) is 5.69 Å². The average molecular weight is 354 g/mol. The van der Waals surface area contributed by atoms with E-state index >= 15 is 0 Å². The number of hydrogen-bond acceptors (Lipinski definition) is 5. The van der Waals surface area contributed by atoms with Gasteiger partial charge in [0.2, 0.25) is 0 Å². The number of aryl methyl sites for hydroxylation is 1. The smallest absolute Gasteiger partial charge is 0.259 e. The van der Waals surface area contributed by atoms with E-state index in [2.05, 4.69) is 15.8 Å². The molecule has 0 unspecified atom stereocenters. The minimum absolute atomic E-state index is 0.125. The van der Waals surface area contributed by atoms with Crippen molar-refractivity contribution < 1.29 is 14.3 Å². The summed E-state index contributed by atoms with van der Waals surface area (Å²) in [5.41, 5.74) is 11.0. The number of primary amides is 1. The number of hydrazone groups is 1. The van der Waals surface area contributed by atoms with Crippen molar-refractivity contribution in [2.24, 2.45) is 10.8 Å². The van der Waals surface area contributed by atoms with Crippen molar-refractivity contribution in [2.45, 2.75) is 13.8 Å². The van der Waals surface area contributed by atoms with Gasteiger partial charge in [0.25, 0.3) is 11.8 Å². The molecule has 0 atom stereocenters. The Labute approximate surface area is 152 Å². The number of nitrogens with zero attached hydrogens (tertiary/aromatic N) is 1. The predicted molar refractivity (Wildman–Crippen MR) is 101 cm³/mol. The van der Waals surface area contributed by atoms with E-state index in [-0.39, 0.29) is 19.1 Å². The summed E-state index contributed by atoms with van der Waals surface area (Å²) in [6, 6.07) is 14.8. The molecule has 4 N–H and O–H groups in total. The molecular formula is C19H22N4O3. The number of ether oxygens (including phenoxy) is 1. The van der Waals surface area contributed by atoms with Gasteiger partial charge in [0.15, 0.2) is 6.61 Å². The number of anilines is 1. The lowest BCUT2D eigenvalue weighted by molar-refractivity contribution is -0.120. The fourth-order valence-electron chi connectivity index (χ4n) is 2.05. The minimum Gasteiger partial charge on any atom is -0.484 e. The Morgan fingerprint density at radius 2 is 1.73 bits per heavy atom. The second-order valence-corrected chi connectivity index (χ2v) is 5.73. The molecule has 0 saturated heterocycles. The first-order valence-corrected chi connectivity index (χ1v) is 8.09. The molecule has 2 amide bonds. The predicted octanol–water partition coefficient (Wildman–Crippen LogP) is 1.81. The van der Waals surface area contributed by atoms with Gasteiger partial charge in [0.1, 0.15) is 5.75 Å². The highest BCUT2D eigenvalue weighted by Gasteiger charge is 2.03. The third-order valence-electron chi connectivity index (χ3n) is 3.51. The first kappa shape index (κ1) is 19.0. The van der Waals surface area contributed by atoms with Gasteiger partial charge in [0.05, 0.1) is 12.3 Å². The average Bonchev–Trinajstić information content (AvgIpc) is 2.64. The van der Waals surface area contributed by atoms with Crippen molar-refractivity contribution in [1.82, 2.24) is 5.43 Å². The van der Waals surface area contributed by atoms with Gasteiger partial charge in [-0.15, -0.1) is 0 Å². The lowest BCUT2D eigenvalue weighted by atomic mass is 10.1. The van der Waals surface area contributed by atoms with E-state index in [0.717, 1.165) is 16.8 Å². The lowest BCUT2D eigenvalue weighted by Gasteiger charge is -2.07. The van der Waals surface area contributed by atoms with Crippen molar-refractivity contribution in [2.75, 3.05) is 18.5 Å². The van der Waals surface area contributed by atoms with Crippen molar-refractivity contribution >= 4 is 23.2 Å². The third kappa shape index (κ3) is 6.27. The van der Waals surface area contributed by atoms with Gasteiger partial charge in [-0.05, 0) is 55.8 Å². The summed E-state index contributed by atoms with van der Waals surface area (Å²) in [4.78, 5) is 22.6. The molecular weight excluding hydrogens is 332 g/mol. The number of rotatable bonds is 8. The lowest BCUT2D eigenvalue weighted by Crippen LogP contribution is -2.26. The van der Waals surface area contributed by atoms with Crippen LogP contribution in [0.2, 0.25) is 0 Å². The molecule has 0 aliphatic rings. The number of amides is 2. The van der Waals surface area contributed by atoms with Crippen LogP contribution in [0.4, 0.5) is 5.69 Å². The summed E-state index contributed by atoms with van der Waals surface area (Å²) >= 11 is 0. The summed E-state index contributed by atoms with van der Waals surface area (Å²) in [6.45, 7) is 3.74. The summed E-state index contributed by atoms with van der Waals surface area (Å²) in [5.74, 6) is -0.244. The van der Waals surface area contributed by atoms with E-state index in [1.54, 1.807) is 31.2 Å². The van der Waals surface area contributed by atoms with Crippen molar-refractivity contribution in [3.8, 4) is 5.75 Å². The Hall–Kier alpha value is -3.35. The van der Waals surface area contributed by atoms with Crippen LogP contribution in [0, 0.1) is 6.92 Å². The number of hydrogen-bond donors (Lipinski definition) is 3. The first-order valence-electron chi connectivity index (χ1n) is 8.09. The number of carbonyl (C=O) groups is 2. The molecule has 7 nitrogen and oxygen atoms in total. The van der Waals surface area contributed by atoms with Gasteiger partial charge in [-0.25, -0.2) is 5.43 Å². The van der Waals surface area contributed by atoms with Crippen molar-refractivity contribution in [1.29, 1.82) is 0 Å². The second-order valence-electron chi connectivity index (χ2n) is 5.73. The summed E-state index contributed by atoms with van der Waals surface area (Å²) in [7, 11) is 0. The van der Waals surface area contributed by atoms with E-state index in [9.17, 15) is 9.59 Å². The molecule has 136 valence electrons. The molecule has 0 radical (unpaired) electrons. The SMILES string of the molecule is C/C(=N\NC(=O)CNc1ccc(C)cc1)c1ccc(OCC(N)=O)cc1. The van der Waals surface area contributed by atoms with E-state index in [1.165, 1.54) is 0 Å². The van der Waals surface area contributed by atoms with E-state index < -0.39 is 5.91 Å². The molecule has 2 rings (SSSR count). The van der Waals surface area contributed by atoms with Crippen LogP contribution in [-0.4, -0.2) is 30.7 Å². The molecule has 0 aliphatic heterocycles. The topological polar surface area (TPSA) is 106 Å². The highest BCUT2D eigenvalue weighted by Crippen LogP contribution is 2.12. The summed E-state index contributed by atoms with van der Waals surface area (Å²) < 4.78 is 5.19. The number of benzene rings is 2. The molecule has 0 aromatic heterocycles. The Morgan fingerprint density at radius 1 is 1.08 bits per heavy atom. The second kappa shape index (κ2) is 9.22. The standard InChI is InChI=1S/C19H22N4O3/c1-13-3-7-16(8-4-13)21-11-19(25)23-22-14(2)15-5-9-17(10-6-15)26-12-18(20)24/h3-10,21H,11-12H2,1-2H3,(H2,20,24)(H,23,25)/b22-14+. The van der Waals surface area contributed by atoms with Crippen LogP contribution >= 0.6 is 0 Å². The van der Waals surface area contributed by atoms with Crippen LogP contribution in [0.5, 0.6) is 5.75 Å². The van der Waals surface area contributed by atoms with Crippen molar-refractivity contribution in [3.63, 3.8) is 0 Å². The number of nitrogens with one attached hydrogen (secondary N) is 2. The minimum atomic E-state index is -0.534. The van der Waals surface area contributed by atoms with Crippen LogP contribution in [0.1, 0.15) is 18.1 Å². The van der Waals surface area contributed by atoms with Crippen LogP contribution in [0.25, 0.3) is 0 Å². The van der Waals surface area contributed by atoms with Gasteiger partial charge < -0.3 is 15.8 Å². The summed E-state index contributed by atoms with van der Waals surface area (Å²) in [6.07, 6.45) is 0. The molecule has 2 aromatic carbocycles. The molecule has 0 bridgehead atoms. The zero-order valence-electron chi connectivity index (χ0n) is 14.8. The number of carbonyl (C=O) groups excluding carboxylic acids is 2. The maximum atomic E-state index is 11.9. The molecule has 0 heterocycles. The monoisotopic (exact) mass is 354 g/mol. The normalized spacial score (nSPS) is 10.9. The molecule has 7 heteroatoms. The largest absolute Gasteiger partial charge is 0.484 e. The van der Waals surface area contributed by atoms with Crippen LogP contribution in [0.3, 0.4) is 0 Å². The van der Waals surface area contributed by atoms with Gasteiger partial charge in [-0.2, -0.15) is 5.10 Å². The molecule has 0 saturated carbocycles. The Morgan fingerprint density at radius 3 is 2.35 bits per heavy atom. The van der Waals surface area contributed by atoms with E-state index in [1.807, 2.05) is 31.2 Å². The first-order chi connectivity index (χ1) is 12.4. The fourth-order valence-corrected chi connectivity index (χ4v) is 2.05. The Balaban J connectivity index is 1.83. The molecule has 0 aliphatic carbocycles. The van der Waals surface area contributed by atoms with E-state index in [4.69, 9.17) is 10.5 Å². The van der Waals surface area contributed by atoms with Crippen molar-refractivity contribution in [3.05, 3.63) is 59.7 Å². The third-order valence-corrected chi connectivity index (χ3v) is 3.51. The maximum Gasteiger partial charge on any atom is 0.259 e. The zero-order chi connectivity index (χ0) is 18.9. The zero-order valence-corrected chi connectivity index (χ0v) is 14.8. The highest BCUT2D eigenvalue weighted by molar-refractivity contribution is 5.99. The molecule has 2 aromatic rings. The molecule has 26 heavy (non-hydrogen) atoms. The summed E-state index contributed by atoms with van der Waals surface area (Å²) in [5, 5.41) is 7.12. The quantitative estimate of drug-likeness (QED) is 0.496. The molecule has 0 fully saturated rings. The fraction of sp³-hybridized carbons (Fsp3) is 0.211. The Bertz CT molecular complexity index is 783. The molecule has 0 spiro atoms. The van der Waals surface area contributed by atoms with Gasteiger partial charge in [-0.3, -0.25) is 9.59 Å². The van der Waals surface area contributed by atoms with E-state index in [0.29, 0.717) is 11.5 Å². The van der Waals surface area contributed by atoms with Crippen LogP contribution in [-0.2, 0) is 9.59 Å². The van der Waals surface area contributed by atoms with Crippen LogP contribution < -0.4 is 21.2 Å². The number of nitrogens with two attached hydrogens (primary N) is 1. The van der Waals surface area contributed by atoms with Gasteiger partial charge in [-0.1, -0.05) is 17.7 Å². The van der Waals surface area contributed by atoms with Crippen LogP contribution in [0.15, 0.2) is 53.6 Å². The Kier molecular flexibility index (Phi) is 6.73. The highest BCUT2D eigenvalue weighted by atomic mass is 16.5. The van der Waals surface area contributed by atoms with Gasteiger partial charge >= 0.3 is 0 Å².